The van der Waals surface area contributed by atoms with E-state index in [2.05, 4.69) is 15.3 Å². The molecule has 1 saturated heterocycles. The lowest BCUT2D eigenvalue weighted by Crippen LogP contribution is -2.54. The summed E-state index contributed by atoms with van der Waals surface area (Å²) in [5, 5.41) is 13.2. The number of amides is 1. The van der Waals surface area contributed by atoms with Crippen LogP contribution in [0.4, 0.5) is 18.9 Å². The van der Waals surface area contributed by atoms with Crippen molar-refractivity contribution in [2.75, 3.05) is 5.32 Å². The second-order valence-corrected chi connectivity index (χ2v) is 9.84. The van der Waals surface area contributed by atoms with Gasteiger partial charge >= 0.3 is 0 Å². The Labute approximate surface area is 206 Å². The number of anilines is 1. The Kier molecular flexibility index (Phi) is 7.12. The summed E-state index contributed by atoms with van der Waals surface area (Å²) in [5.74, 6) is -3.73. The van der Waals surface area contributed by atoms with Gasteiger partial charge in [-0.1, -0.05) is 26.8 Å². The van der Waals surface area contributed by atoms with Gasteiger partial charge in [-0.05, 0) is 42.2 Å². The van der Waals surface area contributed by atoms with E-state index in [1.165, 1.54) is 12.4 Å². The third-order valence-electron chi connectivity index (χ3n) is 6.13. The van der Waals surface area contributed by atoms with E-state index in [0.29, 0.717) is 17.7 Å². The van der Waals surface area contributed by atoms with Crippen molar-refractivity contribution in [2.24, 2.45) is 11.1 Å². The number of carbonyl (C=O) groups is 1. The fourth-order valence-electron chi connectivity index (χ4n) is 4.29. The van der Waals surface area contributed by atoms with Crippen LogP contribution >= 0.6 is 0 Å². The number of pyridine rings is 2. The molecule has 0 radical (unpaired) electrons. The Morgan fingerprint density at radius 2 is 1.81 bits per heavy atom. The lowest BCUT2D eigenvalue weighted by molar-refractivity contribution is -0.167. The maximum atomic E-state index is 14.4. The molecule has 4 N–H and O–H groups in total. The van der Waals surface area contributed by atoms with Crippen LogP contribution in [0.15, 0.2) is 48.8 Å². The number of carbonyl (C=O) groups excluding carboxylic acids is 1. The lowest BCUT2D eigenvalue weighted by atomic mass is 9.79. The van der Waals surface area contributed by atoms with Crippen molar-refractivity contribution in [3.63, 3.8) is 0 Å². The molecule has 1 aliphatic heterocycles. The molecule has 1 amide bonds. The number of nitrogens with zero attached hydrogens (tertiary/aromatic N) is 2. The standard InChI is InChI=1S/C26H27F3N4O3/c1-26(2,3)24-23(34)17(30)11-20(36-24)13-9-10-31-12-19(13)33-25(35)18-8-7-16(29)22(32-18)21-14(27)5-4-6-15(21)28/h4-10,12,17,20,23-24,34H,11,30H2,1-3H3,(H,33,35). The normalized spacial score (nSPS) is 22.3. The van der Waals surface area contributed by atoms with Gasteiger partial charge in [0.05, 0.1) is 35.8 Å². The number of aromatic nitrogens is 2. The molecule has 190 valence electrons. The predicted molar refractivity (Wildman–Crippen MR) is 127 cm³/mol. The molecule has 10 heteroatoms. The fourth-order valence-corrected chi connectivity index (χ4v) is 4.29. The Morgan fingerprint density at radius 3 is 2.47 bits per heavy atom. The van der Waals surface area contributed by atoms with Crippen LogP contribution in [0.25, 0.3) is 11.3 Å². The Hall–Kier alpha value is -3.34. The van der Waals surface area contributed by atoms with Gasteiger partial charge in [-0.15, -0.1) is 0 Å². The zero-order chi connectivity index (χ0) is 26.2. The zero-order valence-electron chi connectivity index (χ0n) is 20.0. The van der Waals surface area contributed by atoms with E-state index in [4.69, 9.17) is 10.5 Å². The molecule has 0 aliphatic carbocycles. The minimum atomic E-state index is -1.00. The van der Waals surface area contributed by atoms with Crippen molar-refractivity contribution in [3.05, 3.63) is 77.5 Å². The zero-order valence-corrected chi connectivity index (χ0v) is 20.0. The van der Waals surface area contributed by atoms with E-state index in [0.717, 1.165) is 30.3 Å². The van der Waals surface area contributed by atoms with Gasteiger partial charge in [0.25, 0.3) is 5.91 Å². The molecule has 7 nitrogen and oxygen atoms in total. The summed E-state index contributed by atoms with van der Waals surface area (Å²) in [5.41, 5.74) is 5.15. The molecule has 4 atom stereocenters. The molecule has 3 aromatic rings. The first-order chi connectivity index (χ1) is 17.0. The highest BCUT2D eigenvalue weighted by atomic mass is 19.1. The number of nitrogens with two attached hydrogens (primary N) is 1. The highest BCUT2D eigenvalue weighted by Gasteiger charge is 2.43. The largest absolute Gasteiger partial charge is 0.389 e. The van der Waals surface area contributed by atoms with Crippen LogP contribution in [-0.4, -0.2) is 39.2 Å². The first-order valence-corrected chi connectivity index (χ1v) is 11.4. The van der Waals surface area contributed by atoms with E-state index in [1.54, 1.807) is 6.07 Å². The van der Waals surface area contributed by atoms with Crippen molar-refractivity contribution < 1.29 is 27.8 Å². The molecule has 0 bridgehead atoms. The Morgan fingerprint density at radius 1 is 1.11 bits per heavy atom. The monoisotopic (exact) mass is 500 g/mol. The third-order valence-corrected chi connectivity index (χ3v) is 6.13. The second kappa shape index (κ2) is 9.96. The van der Waals surface area contributed by atoms with Crippen LogP contribution in [0.3, 0.4) is 0 Å². The van der Waals surface area contributed by atoms with Crippen LogP contribution in [0, 0.1) is 22.9 Å². The van der Waals surface area contributed by atoms with Crippen LogP contribution in [0.5, 0.6) is 0 Å². The molecular formula is C26H27F3N4O3. The summed E-state index contributed by atoms with van der Waals surface area (Å²) in [6.45, 7) is 5.80. The number of rotatable bonds is 4. The van der Waals surface area contributed by atoms with Crippen molar-refractivity contribution in [3.8, 4) is 11.3 Å². The van der Waals surface area contributed by atoms with E-state index in [9.17, 15) is 23.1 Å². The summed E-state index contributed by atoms with van der Waals surface area (Å²) >= 11 is 0. The fraction of sp³-hybridized carbons (Fsp3) is 0.346. The van der Waals surface area contributed by atoms with Gasteiger partial charge in [-0.3, -0.25) is 9.78 Å². The maximum Gasteiger partial charge on any atom is 0.274 e. The summed E-state index contributed by atoms with van der Waals surface area (Å²) in [6.07, 6.45) is 1.29. The number of nitrogens with one attached hydrogen (secondary N) is 1. The van der Waals surface area contributed by atoms with Crippen LogP contribution in [0.2, 0.25) is 0 Å². The Bertz CT molecular complexity index is 1260. The number of halogens is 3. The first kappa shape index (κ1) is 25.7. The molecule has 4 unspecified atom stereocenters. The van der Waals surface area contributed by atoms with Crippen LogP contribution < -0.4 is 11.1 Å². The molecule has 0 spiro atoms. The minimum absolute atomic E-state index is 0.256. The molecule has 3 heterocycles. The summed E-state index contributed by atoms with van der Waals surface area (Å²) in [6, 6.07) is 6.25. The molecule has 4 rings (SSSR count). The topological polar surface area (TPSA) is 110 Å². The van der Waals surface area contributed by atoms with Gasteiger partial charge in [0, 0.05) is 17.8 Å². The summed E-state index contributed by atoms with van der Waals surface area (Å²) < 4.78 is 49.1. The number of aliphatic hydroxyl groups excluding tert-OH is 1. The average molecular weight is 501 g/mol. The van der Waals surface area contributed by atoms with E-state index < -0.39 is 64.4 Å². The van der Waals surface area contributed by atoms with Crippen molar-refractivity contribution in [1.29, 1.82) is 0 Å². The van der Waals surface area contributed by atoms with E-state index >= 15 is 0 Å². The highest BCUT2D eigenvalue weighted by Crippen LogP contribution is 2.40. The molecule has 1 aromatic carbocycles. The molecule has 1 aliphatic rings. The number of hydrogen-bond donors (Lipinski definition) is 3. The number of hydrogen-bond acceptors (Lipinski definition) is 6. The first-order valence-electron chi connectivity index (χ1n) is 11.4. The minimum Gasteiger partial charge on any atom is -0.389 e. The van der Waals surface area contributed by atoms with Crippen LogP contribution in [0.1, 0.15) is 49.3 Å². The van der Waals surface area contributed by atoms with Gasteiger partial charge in [0.15, 0.2) is 0 Å². The third kappa shape index (κ3) is 5.11. The Balaban J connectivity index is 1.64. The molecular weight excluding hydrogens is 473 g/mol. The smallest absolute Gasteiger partial charge is 0.274 e. The lowest BCUT2D eigenvalue weighted by Gasteiger charge is -2.44. The van der Waals surface area contributed by atoms with Gasteiger partial charge in [-0.2, -0.15) is 0 Å². The van der Waals surface area contributed by atoms with Gasteiger partial charge in [0.2, 0.25) is 0 Å². The van der Waals surface area contributed by atoms with E-state index in [-0.39, 0.29) is 5.69 Å². The second-order valence-electron chi connectivity index (χ2n) is 9.84. The highest BCUT2D eigenvalue weighted by molar-refractivity contribution is 6.03. The van der Waals surface area contributed by atoms with Gasteiger partial charge in [-0.25, -0.2) is 18.2 Å². The quantitative estimate of drug-likeness (QED) is 0.491. The van der Waals surface area contributed by atoms with Crippen LogP contribution in [-0.2, 0) is 4.74 Å². The predicted octanol–water partition coefficient (Wildman–Crippen LogP) is 4.38. The van der Waals surface area contributed by atoms with Crippen molar-refractivity contribution in [2.45, 2.75) is 51.5 Å². The van der Waals surface area contributed by atoms with Gasteiger partial charge < -0.3 is 20.9 Å². The number of aliphatic hydroxyl groups is 1. The summed E-state index contributed by atoms with van der Waals surface area (Å²) in [4.78, 5) is 21.0. The van der Waals surface area contributed by atoms with Crippen molar-refractivity contribution >= 4 is 11.6 Å². The average Bonchev–Trinajstić information content (AvgIpc) is 2.81. The molecule has 1 fully saturated rings. The maximum absolute atomic E-state index is 14.4. The molecule has 0 saturated carbocycles. The molecule has 36 heavy (non-hydrogen) atoms. The van der Waals surface area contributed by atoms with Gasteiger partial charge in [0.1, 0.15) is 28.8 Å². The number of ether oxygens (including phenoxy) is 1. The number of benzene rings is 1. The van der Waals surface area contributed by atoms with Crippen molar-refractivity contribution in [1.82, 2.24) is 9.97 Å². The van der Waals surface area contributed by atoms with E-state index in [1.807, 2.05) is 20.8 Å². The SMILES string of the molecule is CC(C)(C)C1OC(c2ccncc2NC(=O)c2ccc(F)c(-c3c(F)cccc3F)n2)CC(N)C1O. The summed E-state index contributed by atoms with van der Waals surface area (Å²) in [7, 11) is 0. The molecule has 2 aromatic heterocycles.